The molecule has 0 unspecified atom stereocenters. The summed E-state index contributed by atoms with van der Waals surface area (Å²) in [7, 11) is 0. The van der Waals surface area contributed by atoms with Gasteiger partial charge < -0.3 is 10.6 Å². The Morgan fingerprint density at radius 3 is 2.77 bits per heavy atom. The van der Waals surface area contributed by atoms with Gasteiger partial charge in [-0.1, -0.05) is 23.7 Å². The minimum atomic E-state index is -0.754. The Morgan fingerprint density at radius 2 is 2.12 bits per heavy atom. The third kappa shape index (κ3) is 5.03. The highest BCUT2D eigenvalue weighted by atomic mass is 35.5. The van der Waals surface area contributed by atoms with Crippen LogP contribution >= 0.6 is 11.6 Å². The van der Waals surface area contributed by atoms with E-state index in [1.54, 1.807) is 18.2 Å². The van der Waals surface area contributed by atoms with Crippen LogP contribution in [0.1, 0.15) is 5.56 Å². The molecule has 0 aliphatic heterocycles. The Hall–Kier alpha value is -3.44. The number of halogens is 2. The van der Waals surface area contributed by atoms with Crippen LogP contribution in [0.4, 0.5) is 15.8 Å². The van der Waals surface area contributed by atoms with Crippen LogP contribution in [0.3, 0.4) is 0 Å². The molecule has 0 atom stereocenters. The van der Waals surface area contributed by atoms with E-state index in [-0.39, 0.29) is 28.5 Å². The first-order valence-corrected chi connectivity index (χ1v) is 7.62. The summed E-state index contributed by atoms with van der Waals surface area (Å²) < 4.78 is 13.1. The first-order chi connectivity index (χ1) is 12.4. The molecule has 9 heteroatoms. The Bertz CT molecular complexity index is 924. The summed E-state index contributed by atoms with van der Waals surface area (Å²) >= 11 is 5.70. The second kappa shape index (κ2) is 8.60. The van der Waals surface area contributed by atoms with E-state index in [0.717, 1.165) is 6.07 Å². The molecule has 0 bridgehead atoms. The van der Waals surface area contributed by atoms with Crippen molar-refractivity contribution in [1.29, 1.82) is 5.26 Å². The van der Waals surface area contributed by atoms with Gasteiger partial charge in [0.2, 0.25) is 0 Å². The molecule has 0 aliphatic rings. The summed E-state index contributed by atoms with van der Waals surface area (Å²) in [5, 5.41) is 25.0. The average Bonchev–Trinajstić information content (AvgIpc) is 2.60. The van der Waals surface area contributed by atoms with Crippen LogP contribution in [0.15, 0.2) is 54.2 Å². The van der Waals surface area contributed by atoms with Gasteiger partial charge in [-0.3, -0.25) is 14.9 Å². The molecule has 2 aromatic rings. The van der Waals surface area contributed by atoms with Gasteiger partial charge >= 0.3 is 0 Å². The number of nitrogens with one attached hydrogen (secondary N) is 2. The van der Waals surface area contributed by atoms with E-state index in [0.29, 0.717) is 5.56 Å². The number of rotatable bonds is 6. The summed E-state index contributed by atoms with van der Waals surface area (Å²) in [6.45, 7) is 0.211. The topological polar surface area (TPSA) is 108 Å². The highest BCUT2D eigenvalue weighted by Crippen LogP contribution is 2.27. The molecule has 2 rings (SSSR count). The molecule has 2 N–H and O–H groups in total. The van der Waals surface area contributed by atoms with Gasteiger partial charge in [0.25, 0.3) is 11.6 Å². The number of nitrogens with zero attached hydrogens (tertiary/aromatic N) is 2. The Balaban J connectivity index is 2.05. The molecule has 2 aromatic carbocycles. The number of carbonyl (C=O) groups excluding carboxylic acids is 1. The molecule has 1 amide bonds. The fraction of sp³-hybridized carbons (Fsp3) is 0.0588. The number of amides is 1. The average molecular weight is 375 g/mol. The second-order valence-corrected chi connectivity index (χ2v) is 5.47. The van der Waals surface area contributed by atoms with E-state index in [2.05, 4.69) is 10.6 Å². The second-order valence-electron chi connectivity index (χ2n) is 5.06. The molecule has 0 radical (unpaired) electrons. The maximum atomic E-state index is 13.1. The van der Waals surface area contributed by atoms with Gasteiger partial charge in [0.05, 0.1) is 4.92 Å². The molecule has 0 saturated heterocycles. The smallest absolute Gasteiger partial charge is 0.289 e. The number of nitro groups is 1. The number of benzene rings is 2. The van der Waals surface area contributed by atoms with Crippen molar-refractivity contribution in [3.05, 3.63) is 80.8 Å². The van der Waals surface area contributed by atoms with Crippen LogP contribution in [0.25, 0.3) is 0 Å². The quantitative estimate of drug-likeness (QED) is 0.348. The van der Waals surface area contributed by atoms with Crippen LogP contribution in [0, 0.1) is 27.3 Å². The predicted molar refractivity (Wildman–Crippen MR) is 93.7 cm³/mol. The lowest BCUT2D eigenvalue weighted by atomic mass is 10.2. The Labute approximate surface area is 152 Å². The number of nitriles is 1. The van der Waals surface area contributed by atoms with Crippen molar-refractivity contribution in [1.82, 2.24) is 5.32 Å². The molecule has 0 fully saturated rings. The highest BCUT2D eigenvalue weighted by Gasteiger charge is 2.15. The predicted octanol–water partition coefficient (Wildman–Crippen LogP) is 3.52. The summed E-state index contributed by atoms with van der Waals surface area (Å²) in [4.78, 5) is 22.3. The molecule has 0 aromatic heterocycles. The highest BCUT2D eigenvalue weighted by molar-refractivity contribution is 6.32. The summed E-state index contributed by atoms with van der Waals surface area (Å²) in [5.74, 6) is -1.15. The number of nitro benzene ring substituents is 1. The zero-order chi connectivity index (χ0) is 19.1. The van der Waals surface area contributed by atoms with Gasteiger partial charge in [0.1, 0.15) is 22.5 Å². The van der Waals surface area contributed by atoms with E-state index in [1.165, 1.54) is 30.5 Å². The van der Waals surface area contributed by atoms with Gasteiger partial charge in [-0.05, 0) is 29.8 Å². The third-order valence-corrected chi connectivity index (χ3v) is 3.53. The summed E-state index contributed by atoms with van der Waals surface area (Å²) in [5.41, 5.74) is 0.139. The van der Waals surface area contributed by atoms with Gasteiger partial charge in [-0.15, -0.1) is 0 Å². The first kappa shape index (κ1) is 18.9. The van der Waals surface area contributed by atoms with E-state index < -0.39 is 16.6 Å². The molecular weight excluding hydrogens is 363 g/mol. The lowest BCUT2D eigenvalue weighted by Gasteiger charge is -2.06. The standard InChI is InChI=1S/C17H12ClFN4O3/c18-15-5-4-14(7-16(15)23(25)26)22-17(24)12(8-20)10-21-9-11-2-1-3-13(19)6-11/h1-7,10,21H,9H2,(H,22,24)/b12-10-. The van der Waals surface area contributed by atoms with Crippen LogP contribution in [0.5, 0.6) is 0 Å². The normalized spacial score (nSPS) is 10.7. The number of carbonyl (C=O) groups is 1. The minimum absolute atomic E-state index is 0.0687. The van der Waals surface area contributed by atoms with E-state index >= 15 is 0 Å². The van der Waals surface area contributed by atoms with Crippen molar-refractivity contribution in [2.75, 3.05) is 5.32 Å². The lowest BCUT2D eigenvalue weighted by molar-refractivity contribution is -0.384. The fourth-order valence-electron chi connectivity index (χ4n) is 2.00. The third-order valence-electron chi connectivity index (χ3n) is 3.21. The molecule has 7 nitrogen and oxygen atoms in total. The Morgan fingerprint density at radius 1 is 1.35 bits per heavy atom. The Kier molecular flexibility index (Phi) is 6.25. The zero-order valence-corrected chi connectivity index (χ0v) is 14.0. The largest absolute Gasteiger partial charge is 0.386 e. The molecule has 26 heavy (non-hydrogen) atoms. The maximum Gasteiger partial charge on any atom is 0.289 e. The first-order valence-electron chi connectivity index (χ1n) is 7.24. The van der Waals surface area contributed by atoms with Crippen LogP contribution < -0.4 is 10.6 Å². The van der Waals surface area contributed by atoms with Crippen LogP contribution in [-0.2, 0) is 11.3 Å². The van der Waals surface area contributed by atoms with Gasteiger partial charge in [-0.2, -0.15) is 5.26 Å². The maximum absolute atomic E-state index is 13.1. The van der Waals surface area contributed by atoms with E-state index in [9.17, 15) is 19.3 Å². The summed E-state index contributed by atoms with van der Waals surface area (Å²) in [6.07, 6.45) is 1.19. The molecule has 0 saturated carbocycles. The van der Waals surface area contributed by atoms with Gasteiger partial charge in [0.15, 0.2) is 0 Å². The monoisotopic (exact) mass is 374 g/mol. The molecule has 0 spiro atoms. The van der Waals surface area contributed by atoms with Crippen molar-refractivity contribution in [2.24, 2.45) is 0 Å². The minimum Gasteiger partial charge on any atom is -0.386 e. The molecule has 0 heterocycles. The van der Waals surface area contributed by atoms with Crippen molar-refractivity contribution >= 4 is 28.9 Å². The van der Waals surface area contributed by atoms with Crippen LogP contribution in [-0.4, -0.2) is 10.8 Å². The number of anilines is 1. The van der Waals surface area contributed by atoms with Gasteiger partial charge in [0, 0.05) is 24.5 Å². The lowest BCUT2D eigenvalue weighted by Crippen LogP contribution is -2.16. The van der Waals surface area contributed by atoms with Gasteiger partial charge in [-0.25, -0.2) is 4.39 Å². The zero-order valence-electron chi connectivity index (χ0n) is 13.2. The van der Waals surface area contributed by atoms with Crippen molar-refractivity contribution < 1.29 is 14.1 Å². The van der Waals surface area contributed by atoms with Crippen LogP contribution in [0.2, 0.25) is 5.02 Å². The molecule has 132 valence electrons. The van der Waals surface area contributed by atoms with E-state index in [4.69, 9.17) is 16.9 Å². The summed E-state index contributed by atoms with van der Waals surface area (Å²) in [6, 6.07) is 11.3. The number of hydrogen-bond donors (Lipinski definition) is 2. The SMILES string of the molecule is N#C/C(=C/NCc1cccc(F)c1)C(=O)Nc1ccc(Cl)c([N+](=O)[O-])c1. The van der Waals surface area contributed by atoms with E-state index in [1.807, 2.05) is 0 Å². The van der Waals surface area contributed by atoms with Crippen molar-refractivity contribution in [3.8, 4) is 6.07 Å². The number of hydrogen-bond acceptors (Lipinski definition) is 5. The molecule has 0 aliphatic carbocycles. The fourth-order valence-corrected chi connectivity index (χ4v) is 2.18. The molecular formula is C17H12ClFN4O3. The van der Waals surface area contributed by atoms with Crippen molar-refractivity contribution in [2.45, 2.75) is 6.54 Å². The van der Waals surface area contributed by atoms with Crippen molar-refractivity contribution in [3.63, 3.8) is 0 Å².